The molecule has 2 fully saturated rings. The first-order valence-corrected chi connectivity index (χ1v) is 13.0. The Balaban J connectivity index is 1.75. The summed E-state index contributed by atoms with van der Waals surface area (Å²) in [7, 11) is 0. The van der Waals surface area contributed by atoms with Gasteiger partial charge in [0.05, 0.1) is 22.9 Å². The normalized spacial score (nSPS) is 26.4. The van der Waals surface area contributed by atoms with Gasteiger partial charge in [0.15, 0.2) is 0 Å². The summed E-state index contributed by atoms with van der Waals surface area (Å²) in [4.78, 5) is 24.7. The minimum Gasteiger partial charge on any atom is -0.390 e. The first kappa shape index (κ1) is 25.8. The van der Waals surface area contributed by atoms with Crippen molar-refractivity contribution in [3.05, 3.63) is 17.8 Å². The Kier molecular flexibility index (Phi) is 7.99. The van der Waals surface area contributed by atoms with Crippen LogP contribution in [-0.4, -0.2) is 49.1 Å². The Morgan fingerprint density at radius 1 is 1.33 bits per heavy atom. The molecule has 2 aliphatic rings. The third-order valence-corrected chi connectivity index (χ3v) is 7.84. The van der Waals surface area contributed by atoms with Crippen LogP contribution in [0.2, 0.25) is 0 Å². The minimum atomic E-state index is -0.556. The second kappa shape index (κ2) is 10.2. The maximum absolute atomic E-state index is 13.3. The van der Waals surface area contributed by atoms with E-state index in [-0.39, 0.29) is 29.0 Å². The molecule has 0 aromatic carbocycles. The number of hydrogen-bond acceptors (Lipinski definition) is 5. The first-order chi connectivity index (χ1) is 15.4. The smallest absolute Gasteiger partial charge is 0.255 e. The van der Waals surface area contributed by atoms with E-state index in [1.165, 1.54) is 13.3 Å². The lowest BCUT2D eigenvalue weighted by molar-refractivity contribution is -0.120. The quantitative estimate of drug-likeness (QED) is 0.488. The highest BCUT2D eigenvalue weighted by molar-refractivity contribution is 7.99. The standard InChI is InChI=1S/C25H40N4O3S/c1-16(2)33-23-21(15-26-29(23)11-10-24(5,6)28-18(4)30)22(31)27-17(3)20-12-19-8-7-9-25(32,13-19)14-20/h10-11,15-17,19-20,32H,7-9,12-14H2,1-6H3,(H,27,31)(H,28,30)/b11-10+/t17?,19?,20?,25-/m1/s1. The minimum absolute atomic E-state index is 0.0144. The van der Waals surface area contributed by atoms with Crippen LogP contribution in [0.5, 0.6) is 0 Å². The third-order valence-electron chi connectivity index (χ3n) is 6.74. The van der Waals surface area contributed by atoms with Crippen molar-refractivity contribution >= 4 is 29.8 Å². The van der Waals surface area contributed by atoms with E-state index >= 15 is 0 Å². The molecule has 4 atom stereocenters. The number of fused-ring (bicyclic) bond motifs is 2. The van der Waals surface area contributed by atoms with Crippen LogP contribution in [-0.2, 0) is 4.79 Å². The second-order valence-electron chi connectivity index (χ2n) is 10.8. The van der Waals surface area contributed by atoms with Gasteiger partial charge in [-0.15, -0.1) is 11.8 Å². The van der Waals surface area contributed by atoms with Gasteiger partial charge in [-0.05, 0) is 64.4 Å². The number of thioether (sulfide) groups is 1. The fourth-order valence-corrected chi connectivity index (χ4v) is 6.27. The first-order valence-electron chi connectivity index (χ1n) is 12.1. The molecule has 0 radical (unpaired) electrons. The van der Waals surface area contributed by atoms with Crippen molar-refractivity contribution in [3.8, 4) is 0 Å². The predicted molar refractivity (Wildman–Crippen MR) is 133 cm³/mol. The topological polar surface area (TPSA) is 96.2 Å². The molecule has 3 rings (SSSR count). The number of carbonyl (C=O) groups excluding carboxylic acids is 2. The molecule has 0 saturated heterocycles. The Hall–Kier alpha value is -1.80. The zero-order valence-electron chi connectivity index (χ0n) is 20.9. The van der Waals surface area contributed by atoms with Gasteiger partial charge in [-0.2, -0.15) is 5.10 Å². The number of nitrogens with zero attached hydrogens (tertiary/aromatic N) is 2. The van der Waals surface area contributed by atoms with Gasteiger partial charge in [-0.3, -0.25) is 9.59 Å². The molecule has 2 aliphatic carbocycles. The highest BCUT2D eigenvalue weighted by Gasteiger charge is 2.43. The van der Waals surface area contributed by atoms with Crippen LogP contribution in [0.4, 0.5) is 0 Å². The SMILES string of the molecule is CC(=O)NC(C)(C)/C=C/n1ncc(C(=O)NC(C)C2CC3CCC[C@@](O)(C3)C2)c1SC(C)C. The average molecular weight is 477 g/mol. The van der Waals surface area contributed by atoms with Gasteiger partial charge >= 0.3 is 0 Å². The molecule has 1 aromatic heterocycles. The molecule has 2 amide bonds. The molecule has 7 nitrogen and oxygen atoms in total. The van der Waals surface area contributed by atoms with Gasteiger partial charge in [-0.1, -0.05) is 26.7 Å². The van der Waals surface area contributed by atoms with Gasteiger partial charge in [0.25, 0.3) is 5.91 Å². The molecule has 33 heavy (non-hydrogen) atoms. The Morgan fingerprint density at radius 2 is 2.06 bits per heavy atom. The lowest BCUT2D eigenvalue weighted by atomic mass is 9.64. The molecule has 184 valence electrons. The van der Waals surface area contributed by atoms with Crippen molar-refractivity contribution < 1.29 is 14.7 Å². The summed E-state index contributed by atoms with van der Waals surface area (Å²) in [6, 6.07) is -0.0144. The summed E-state index contributed by atoms with van der Waals surface area (Å²) >= 11 is 1.59. The molecular formula is C25H40N4O3S. The Morgan fingerprint density at radius 3 is 2.70 bits per heavy atom. The fraction of sp³-hybridized carbons (Fsp3) is 0.720. The van der Waals surface area contributed by atoms with Crippen LogP contribution < -0.4 is 10.6 Å². The van der Waals surface area contributed by atoms with Crippen LogP contribution >= 0.6 is 11.8 Å². The van der Waals surface area contributed by atoms with Crippen molar-refractivity contribution in [1.82, 2.24) is 20.4 Å². The van der Waals surface area contributed by atoms with E-state index < -0.39 is 11.1 Å². The summed E-state index contributed by atoms with van der Waals surface area (Å²) in [5, 5.41) is 22.5. The number of nitrogens with one attached hydrogen (secondary N) is 2. The Labute approximate surface area is 202 Å². The van der Waals surface area contributed by atoms with Gasteiger partial charge < -0.3 is 15.7 Å². The van der Waals surface area contributed by atoms with Crippen molar-refractivity contribution in [2.45, 2.75) is 108 Å². The van der Waals surface area contributed by atoms with Crippen LogP contribution in [0.1, 0.15) is 90.4 Å². The van der Waals surface area contributed by atoms with Crippen LogP contribution in [0.3, 0.4) is 0 Å². The molecule has 0 spiro atoms. The third kappa shape index (κ3) is 6.85. The van der Waals surface area contributed by atoms with Crippen molar-refractivity contribution in [1.29, 1.82) is 0 Å². The van der Waals surface area contributed by atoms with E-state index in [1.807, 2.05) is 19.9 Å². The van der Waals surface area contributed by atoms with E-state index in [0.29, 0.717) is 11.5 Å². The van der Waals surface area contributed by atoms with Gasteiger partial charge in [0.2, 0.25) is 5.91 Å². The van der Waals surface area contributed by atoms with Crippen molar-refractivity contribution in [3.63, 3.8) is 0 Å². The number of hydrogen-bond donors (Lipinski definition) is 3. The summed E-state index contributed by atoms with van der Waals surface area (Å²) in [5.41, 5.74) is -0.537. The fourth-order valence-electron chi connectivity index (χ4n) is 5.34. The molecule has 0 aliphatic heterocycles. The van der Waals surface area contributed by atoms with Crippen LogP contribution in [0, 0.1) is 11.8 Å². The lowest BCUT2D eigenvalue weighted by Gasteiger charge is -2.46. The maximum Gasteiger partial charge on any atom is 0.255 e. The van der Waals surface area contributed by atoms with E-state index in [2.05, 4.69) is 36.5 Å². The number of rotatable bonds is 8. The molecule has 1 heterocycles. The monoisotopic (exact) mass is 476 g/mol. The van der Waals surface area contributed by atoms with Gasteiger partial charge in [0, 0.05) is 24.4 Å². The second-order valence-corrected chi connectivity index (χ2v) is 12.4. The molecule has 8 heteroatoms. The number of amides is 2. The number of carbonyl (C=O) groups is 2. The van der Waals surface area contributed by atoms with Crippen molar-refractivity contribution in [2.24, 2.45) is 11.8 Å². The van der Waals surface area contributed by atoms with E-state index in [9.17, 15) is 14.7 Å². The van der Waals surface area contributed by atoms with E-state index in [4.69, 9.17) is 0 Å². The van der Waals surface area contributed by atoms with Crippen molar-refractivity contribution in [2.75, 3.05) is 0 Å². The zero-order valence-corrected chi connectivity index (χ0v) is 21.7. The predicted octanol–water partition coefficient (Wildman–Crippen LogP) is 4.22. The molecule has 3 unspecified atom stereocenters. The molecule has 2 saturated carbocycles. The average Bonchev–Trinajstić information content (AvgIpc) is 3.06. The molecule has 1 aromatic rings. The number of aliphatic hydroxyl groups is 1. The summed E-state index contributed by atoms with van der Waals surface area (Å²) in [6.07, 6.45) is 11.2. The Bertz CT molecular complexity index is 894. The zero-order chi connectivity index (χ0) is 24.4. The highest BCUT2D eigenvalue weighted by Crippen LogP contribution is 2.46. The molecular weight excluding hydrogens is 436 g/mol. The lowest BCUT2D eigenvalue weighted by Crippen LogP contribution is -2.48. The molecule has 2 bridgehead atoms. The van der Waals surface area contributed by atoms with Gasteiger partial charge in [-0.25, -0.2) is 4.68 Å². The maximum atomic E-state index is 13.3. The summed E-state index contributed by atoms with van der Waals surface area (Å²) < 4.78 is 1.71. The summed E-state index contributed by atoms with van der Waals surface area (Å²) in [5.74, 6) is 0.614. The van der Waals surface area contributed by atoms with Crippen LogP contribution in [0.25, 0.3) is 6.20 Å². The van der Waals surface area contributed by atoms with E-state index in [1.54, 1.807) is 28.8 Å². The highest BCUT2D eigenvalue weighted by atomic mass is 32.2. The number of aromatic nitrogens is 2. The van der Waals surface area contributed by atoms with Crippen LogP contribution in [0.15, 0.2) is 17.3 Å². The van der Waals surface area contributed by atoms with E-state index in [0.717, 1.165) is 37.1 Å². The van der Waals surface area contributed by atoms with Gasteiger partial charge in [0.1, 0.15) is 5.03 Å². The largest absolute Gasteiger partial charge is 0.390 e. The molecule has 3 N–H and O–H groups in total. The summed E-state index contributed by atoms with van der Waals surface area (Å²) in [6.45, 7) is 11.5.